The number of hydrogen-bond acceptors (Lipinski definition) is 2. The molecule has 0 unspecified atom stereocenters. The van der Waals surface area contributed by atoms with Crippen molar-refractivity contribution in [2.45, 2.75) is 32.7 Å². The Morgan fingerprint density at radius 3 is 2.72 bits per heavy atom. The van der Waals surface area contributed by atoms with Crippen LogP contribution in [-0.4, -0.2) is 55.1 Å². The average molecular weight is 347 g/mol. The molecule has 0 aliphatic rings. The van der Waals surface area contributed by atoms with Crippen molar-refractivity contribution in [3.05, 3.63) is 35.8 Å². The monoisotopic (exact) mass is 347 g/mol. The molecule has 6 heteroatoms. The van der Waals surface area contributed by atoms with Gasteiger partial charge in [-0.25, -0.2) is 4.39 Å². The number of hydrogen-bond donors (Lipinski definition) is 3. The van der Waals surface area contributed by atoms with Gasteiger partial charge < -0.3 is 20.5 Å². The summed E-state index contributed by atoms with van der Waals surface area (Å²) in [5.74, 6) is 0.602. The second-order valence-electron chi connectivity index (χ2n) is 7.08. The van der Waals surface area contributed by atoms with Gasteiger partial charge in [0.05, 0.1) is 6.54 Å². The average Bonchev–Trinajstić information content (AvgIpc) is 2.95. The molecule has 0 fully saturated rings. The lowest BCUT2D eigenvalue weighted by Gasteiger charge is -2.31. The van der Waals surface area contributed by atoms with Gasteiger partial charge in [0, 0.05) is 35.7 Å². The second kappa shape index (κ2) is 8.34. The van der Waals surface area contributed by atoms with Gasteiger partial charge in [0.25, 0.3) is 0 Å². The van der Waals surface area contributed by atoms with E-state index in [1.165, 1.54) is 6.07 Å². The number of halogens is 1. The molecule has 0 radical (unpaired) electrons. The normalized spacial score (nSPS) is 12.8. The van der Waals surface area contributed by atoms with Gasteiger partial charge >= 0.3 is 0 Å². The third-order valence-corrected chi connectivity index (χ3v) is 4.60. The molecule has 2 aromatic rings. The van der Waals surface area contributed by atoms with Crippen molar-refractivity contribution in [2.24, 2.45) is 4.99 Å². The molecule has 0 aliphatic heterocycles. The molecule has 1 heterocycles. The fourth-order valence-corrected chi connectivity index (χ4v) is 2.43. The van der Waals surface area contributed by atoms with E-state index in [1.807, 2.05) is 6.20 Å². The summed E-state index contributed by atoms with van der Waals surface area (Å²) in [6.45, 7) is 8.63. The maximum Gasteiger partial charge on any atom is 0.191 e. The Kier molecular flexibility index (Phi) is 6.42. The zero-order valence-corrected chi connectivity index (χ0v) is 15.9. The van der Waals surface area contributed by atoms with Crippen LogP contribution in [0, 0.1) is 5.82 Å². The highest BCUT2D eigenvalue weighted by atomic mass is 19.1. The summed E-state index contributed by atoms with van der Waals surface area (Å²) in [7, 11) is 4.12. The second-order valence-corrected chi connectivity index (χ2v) is 7.08. The fraction of sp³-hybridized carbons (Fsp3) is 0.526. The van der Waals surface area contributed by atoms with E-state index in [0.29, 0.717) is 6.54 Å². The van der Waals surface area contributed by atoms with Gasteiger partial charge in [0.2, 0.25) is 0 Å². The number of H-pyrrole nitrogens is 1. The van der Waals surface area contributed by atoms with Gasteiger partial charge in [-0.15, -0.1) is 0 Å². The van der Waals surface area contributed by atoms with Crippen molar-refractivity contribution < 1.29 is 4.39 Å². The molecule has 25 heavy (non-hydrogen) atoms. The summed E-state index contributed by atoms with van der Waals surface area (Å²) in [6.07, 6.45) is 2.75. The number of rotatable bonds is 7. The molecule has 138 valence electrons. The largest absolute Gasteiger partial charge is 0.361 e. The molecule has 0 saturated carbocycles. The van der Waals surface area contributed by atoms with E-state index < -0.39 is 0 Å². The minimum atomic E-state index is -0.206. The molecule has 0 spiro atoms. The Morgan fingerprint density at radius 2 is 2.04 bits per heavy atom. The lowest BCUT2D eigenvalue weighted by Crippen LogP contribution is -2.44. The van der Waals surface area contributed by atoms with E-state index in [9.17, 15) is 4.39 Å². The number of nitrogens with one attached hydrogen (secondary N) is 3. The Balaban J connectivity index is 1.97. The van der Waals surface area contributed by atoms with Gasteiger partial charge in [0.1, 0.15) is 5.82 Å². The van der Waals surface area contributed by atoms with E-state index in [1.54, 1.807) is 12.1 Å². The number of aromatic amines is 1. The minimum absolute atomic E-state index is 0.00326. The van der Waals surface area contributed by atoms with Crippen LogP contribution < -0.4 is 10.6 Å². The van der Waals surface area contributed by atoms with Gasteiger partial charge in [-0.1, -0.05) is 0 Å². The summed E-state index contributed by atoms with van der Waals surface area (Å²) in [5, 5.41) is 7.58. The number of aromatic nitrogens is 1. The van der Waals surface area contributed by atoms with Crippen molar-refractivity contribution in [1.82, 2.24) is 20.5 Å². The molecule has 5 nitrogen and oxygen atoms in total. The highest BCUT2D eigenvalue weighted by Gasteiger charge is 2.19. The lowest BCUT2D eigenvalue weighted by molar-refractivity contribution is 0.204. The highest BCUT2D eigenvalue weighted by molar-refractivity contribution is 5.83. The molecular weight excluding hydrogens is 317 g/mol. The first-order valence-corrected chi connectivity index (χ1v) is 8.78. The van der Waals surface area contributed by atoms with Crippen molar-refractivity contribution in [3.8, 4) is 0 Å². The molecule has 1 aromatic heterocycles. The van der Waals surface area contributed by atoms with Gasteiger partial charge in [-0.2, -0.15) is 0 Å². The number of benzene rings is 1. The van der Waals surface area contributed by atoms with Gasteiger partial charge in [0.15, 0.2) is 5.96 Å². The summed E-state index contributed by atoms with van der Waals surface area (Å²) < 4.78 is 13.5. The van der Waals surface area contributed by atoms with Crippen LogP contribution in [0.2, 0.25) is 0 Å². The number of likely N-dealkylation sites (N-methyl/N-ethyl adjacent to an activating group) is 1. The maximum absolute atomic E-state index is 13.5. The smallest absolute Gasteiger partial charge is 0.191 e. The van der Waals surface area contributed by atoms with Crippen LogP contribution in [-0.2, 0) is 6.42 Å². The fourth-order valence-electron chi connectivity index (χ4n) is 2.43. The molecule has 0 atom stereocenters. The predicted molar refractivity (Wildman–Crippen MR) is 104 cm³/mol. The lowest BCUT2D eigenvalue weighted by atomic mass is 10.1. The highest BCUT2D eigenvalue weighted by Crippen LogP contribution is 2.19. The third-order valence-electron chi connectivity index (χ3n) is 4.60. The molecule has 0 bridgehead atoms. The van der Waals surface area contributed by atoms with E-state index in [4.69, 9.17) is 0 Å². The quantitative estimate of drug-likeness (QED) is 0.533. The van der Waals surface area contributed by atoms with Gasteiger partial charge in [-0.3, -0.25) is 4.99 Å². The van der Waals surface area contributed by atoms with E-state index in [0.717, 1.165) is 41.9 Å². The molecule has 2 rings (SSSR count). The van der Waals surface area contributed by atoms with Crippen molar-refractivity contribution in [1.29, 1.82) is 0 Å². The van der Waals surface area contributed by atoms with E-state index in [2.05, 4.69) is 60.4 Å². The van der Waals surface area contributed by atoms with Crippen LogP contribution in [0.4, 0.5) is 4.39 Å². The van der Waals surface area contributed by atoms with Crippen LogP contribution in [0.1, 0.15) is 26.3 Å². The zero-order valence-electron chi connectivity index (χ0n) is 15.9. The zero-order chi connectivity index (χ0) is 18.4. The van der Waals surface area contributed by atoms with Gasteiger partial charge in [-0.05, 0) is 65.0 Å². The first kappa shape index (κ1) is 19.2. The maximum atomic E-state index is 13.5. The SMILES string of the molecule is CCNC(=NCC(C)(C)N(C)C)NCCc1c[nH]c2ccc(F)cc12. The first-order chi connectivity index (χ1) is 11.8. The number of fused-ring (bicyclic) bond motifs is 1. The standard InChI is InChI=1S/C19H30FN5/c1-6-21-18(24-13-19(2,3)25(4)5)22-10-9-14-12-23-17-8-7-15(20)11-16(14)17/h7-8,11-12,23H,6,9-10,13H2,1-5H3,(H2,21,22,24). The predicted octanol–water partition coefficient (Wildman–Crippen LogP) is 2.74. The molecule has 0 amide bonds. The summed E-state index contributed by atoms with van der Waals surface area (Å²) >= 11 is 0. The Hall–Kier alpha value is -2.08. The molecular formula is C19H30FN5. The third kappa shape index (κ3) is 5.19. The van der Waals surface area contributed by atoms with Crippen LogP contribution in [0.25, 0.3) is 10.9 Å². The Morgan fingerprint density at radius 1 is 1.28 bits per heavy atom. The summed E-state index contributed by atoms with van der Waals surface area (Å²) in [4.78, 5) is 10.0. The minimum Gasteiger partial charge on any atom is -0.361 e. The van der Waals surface area contributed by atoms with Crippen LogP contribution in [0.15, 0.2) is 29.4 Å². The van der Waals surface area contributed by atoms with Crippen LogP contribution in [0.3, 0.4) is 0 Å². The summed E-state index contributed by atoms with van der Waals surface area (Å²) in [6, 6.07) is 4.83. The van der Waals surface area contributed by atoms with Crippen molar-refractivity contribution >= 4 is 16.9 Å². The number of aliphatic imine (C=N–C) groups is 1. The van der Waals surface area contributed by atoms with E-state index in [-0.39, 0.29) is 11.4 Å². The number of guanidine groups is 1. The first-order valence-electron chi connectivity index (χ1n) is 8.78. The van der Waals surface area contributed by atoms with Crippen molar-refractivity contribution in [2.75, 3.05) is 33.7 Å². The Bertz CT molecular complexity index is 718. The molecule has 3 N–H and O–H groups in total. The summed E-state index contributed by atoms with van der Waals surface area (Å²) in [5.41, 5.74) is 2.06. The topological polar surface area (TPSA) is 55.5 Å². The molecule has 0 saturated heterocycles. The number of nitrogens with zero attached hydrogens (tertiary/aromatic N) is 2. The molecule has 0 aliphatic carbocycles. The van der Waals surface area contributed by atoms with Crippen molar-refractivity contribution in [3.63, 3.8) is 0 Å². The Labute approximate surface area is 149 Å². The van der Waals surface area contributed by atoms with Crippen LogP contribution >= 0.6 is 0 Å². The van der Waals surface area contributed by atoms with E-state index >= 15 is 0 Å². The van der Waals surface area contributed by atoms with Crippen LogP contribution in [0.5, 0.6) is 0 Å². The molecule has 1 aromatic carbocycles.